The summed E-state index contributed by atoms with van der Waals surface area (Å²) < 4.78 is 4.95. The Balaban J connectivity index is 3.11. The summed E-state index contributed by atoms with van der Waals surface area (Å²) in [4.78, 5) is 13.8. The molecule has 0 fully saturated rings. The molecule has 21 heavy (non-hydrogen) atoms. The van der Waals surface area contributed by atoms with Crippen molar-refractivity contribution in [2.45, 2.75) is 19.1 Å². The molecular weight excluding hydrogens is 266 g/mol. The summed E-state index contributed by atoms with van der Waals surface area (Å²) >= 11 is 0. The summed E-state index contributed by atoms with van der Waals surface area (Å²) in [6.45, 7) is 10.5. The third-order valence-electron chi connectivity index (χ3n) is 3.09. The van der Waals surface area contributed by atoms with Gasteiger partial charge in [-0.3, -0.25) is 4.90 Å². The largest absolute Gasteiger partial charge is 0.464 e. The molecule has 0 amide bonds. The number of aliphatic hydroxyl groups excluding tert-OH is 1. The summed E-state index contributed by atoms with van der Waals surface area (Å²) in [5, 5.41) is 10.4. The molecule has 4 heteroatoms. The molecule has 0 spiro atoms. The molecule has 0 bridgehead atoms. The van der Waals surface area contributed by atoms with E-state index in [1.807, 2.05) is 35.2 Å². The average Bonchev–Trinajstić information content (AvgIpc) is 2.49. The number of carbonyl (C=O) groups excluding carboxylic acids is 1. The topological polar surface area (TPSA) is 49.8 Å². The van der Waals surface area contributed by atoms with Gasteiger partial charge in [0.2, 0.25) is 0 Å². The van der Waals surface area contributed by atoms with E-state index in [-0.39, 0.29) is 6.61 Å². The van der Waals surface area contributed by atoms with Crippen LogP contribution in [0.5, 0.6) is 0 Å². The zero-order valence-electron chi connectivity index (χ0n) is 12.4. The first-order valence-electron chi connectivity index (χ1n) is 7.01. The first-order chi connectivity index (χ1) is 10.2. The van der Waals surface area contributed by atoms with Gasteiger partial charge in [0.15, 0.2) is 6.10 Å². The maximum atomic E-state index is 11.9. The van der Waals surface area contributed by atoms with Crippen molar-refractivity contribution in [1.82, 2.24) is 4.90 Å². The molecule has 114 valence electrons. The fourth-order valence-corrected chi connectivity index (χ4v) is 2.23. The van der Waals surface area contributed by atoms with Gasteiger partial charge >= 0.3 is 5.97 Å². The monoisotopic (exact) mass is 289 g/mol. The predicted molar refractivity (Wildman–Crippen MR) is 83.8 cm³/mol. The van der Waals surface area contributed by atoms with Gasteiger partial charge in [0.1, 0.15) is 0 Å². The molecule has 0 aliphatic heterocycles. The van der Waals surface area contributed by atoms with Crippen LogP contribution in [0, 0.1) is 0 Å². The van der Waals surface area contributed by atoms with Gasteiger partial charge in [-0.2, -0.15) is 0 Å². The van der Waals surface area contributed by atoms with E-state index in [0.717, 1.165) is 5.56 Å². The Kier molecular flexibility index (Phi) is 7.43. The zero-order chi connectivity index (χ0) is 15.7. The van der Waals surface area contributed by atoms with Gasteiger partial charge in [0.05, 0.1) is 12.6 Å². The summed E-state index contributed by atoms with van der Waals surface area (Å²) in [5.41, 5.74) is 0.849. The molecular formula is C17H23NO3. The quantitative estimate of drug-likeness (QED) is 0.560. The molecule has 0 heterocycles. The van der Waals surface area contributed by atoms with Gasteiger partial charge in [-0.25, -0.2) is 4.79 Å². The first kappa shape index (κ1) is 17.1. The van der Waals surface area contributed by atoms with E-state index in [9.17, 15) is 9.90 Å². The lowest BCUT2D eigenvalue weighted by Crippen LogP contribution is -2.41. The van der Waals surface area contributed by atoms with Crippen molar-refractivity contribution < 1.29 is 14.6 Å². The van der Waals surface area contributed by atoms with Crippen LogP contribution >= 0.6 is 0 Å². The maximum Gasteiger partial charge on any atom is 0.336 e. The highest BCUT2D eigenvalue weighted by molar-refractivity contribution is 5.75. The molecule has 1 aromatic carbocycles. The highest BCUT2D eigenvalue weighted by Crippen LogP contribution is 2.25. The van der Waals surface area contributed by atoms with Crippen molar-refractivity contribution in [3.63, 3.8) is 0 Å². The standard InChI is InChI=1S/C17H23NO3/c1-4-12-18(13-5-2)15(14-10-8-7-9-11-14)16(19)17(20)21-6-3/h4-5,7-11,15-16,19H,1-2,6,12-13H2,3H3/t15-,16-/m1/s1. The van der Waals surface area contributed by atoms with Gasteiger partial charge in [-0.05, 0) is 12.5 Å². The van der Waals surface area contributed by atoms with Gasteiger partial charge in [0, 0.05) is 13.1 Å². The van der Waals surface area contributed by atoms with E-state index in [1.54, 1.807) is 19.1 Å². The Morgan fingerprint density at radius 1 is 1.29 bits per heavy atom. The van der Waals surface area contributed by atoms with Crippen LogP contribution < -0.4 is 0 Å². The minimum atomic E-state index is -1.26. The van der Waals surface area contributed by atoms with Crippen molar-refractivity contribution in [2.75, 3.05) is 19.7 Å². The highest BCUT2D eigenvalue weighted by Gasteiger charge is 2.32. The van der Waals surface area contributed by atoms with Crippen LogP contribution in [0.2, 0.25) is 0 Å². The predicted octanol–water partition coefficient (Wildman–Crippen LogP) is 2.33. The fraction of sp³-hybridized carbons (Fsp3) is 0.353. The first-order valence-corrected chi connectivity index (χ1v) is 7.01. The van der Waals surface area contributed by atoms with Crippen LogP contribution in [0.1, 0.15) is 18.5 Å². The Bertz CT molecular complexity index is 448. The molecule has 0 aromatic heterocycles. The lowest BCUT2D eigenvalue weighted by atomic mass is 9.99. The van der Waals surface area contributed by atoms with Gasteiger partial charge in [-0.1, -0.05) is 42.5 Å². The van der Waals surface area contributed by atoms with Crippen molar-refractivity contribution in [3.05, 3.63) is 61.2 Å². The molecule has 0 radical (unpaired) electrons. The number of nitrogens with zero attached hydrogens (tertiary/aromatic N) is 1. The van der Waals surface area contributed by atoms with E-state index in [1.165, 1.54) is 0 Å². The second kappa shape index (κ2) is 9.10. The highest BCUT2D eigenvalue weighted by atomic mass is 16.5. The van der Waals surface area contributed by atoms with Crippen LogP contribution in [0.15, 0.2) is 55.6 Å². The van der Waals surface area contributed by atoms with Crippen molar-refractivity contribution in [2.24, 2.45) is 0 Å². The Morgan fingerprint density at radius 3 is 2.33 bits per heavy atom. The minimum Gasteiger partial charge on any atom is -0.464 e. The zero-order valence-corrected chi connectivity index (χ0v) is 12.4. The molecule has 1 rings (SSSR count). The molecule has 0 aliphatic carbocycles. The van der Waals surface area contributed by atoms with Crippen LogP contribution in [-0.4, -0.2) is 41.8 Å². The maximum absolute atomic E-state index is 11.9. The fourth-order valence-electron chi connectivity index (χ4n) is 2.23. The summed E-state index contributed by atoms with van der Waals surface area (Å²) in [5.74, 6) is -0.621. The minimum absolute atomic E-state index is 0.236. The second-order valence-electron chi connectivity index (χ2n) is 4.58. The van der Waals surface area contributed by atoms with Crippen LogP contribution in [0.3, 0.4) is 0 Å². The summed E-state index contributed by atoms with van der Waals surface area (Å²) in [6, 6.07) is 8.91. The number of rotatable bonds is 9. The smallest absolute Gasteiger partial charge is 0.336 e. The molecule has 1 aromatic rings. The number of benzene rings is 1. The average molecular weight is 289 g/mol. The SMILES string of the molecule is C=CCN(CC=C)[C@H](c1ccccc1)[C@@H](O)C(=O)OCC. The van der Waals surface area contributed by atoms with E-state index >= 15 is 0 Å². The van der Waals surface area contributed by atoms with Crippen molar-refractivity contribution in [3.8, 4) is 0 Å². The van der Waals surface area contributed by atoms with Crippen LogP contribution in [0.25, 0.3) is 0 Å². The third kappa shape index (κ3) is 4.85. The number of ether oxygens (including phenoxy) is 1. The third-order valence-corrected chi connectivity index (χ3v) is 3.09. The lowest BCUT2D eigenvalue weighted by molar-refractivity contribution is -0.157. The number of aliphatic hydroxyl groups is 1. The number of hydrogen-bond donors (Lipinski definition) is 1. The molecule has 0 aliphatic rings. The van der Waals surface area contributed by atoms with Gasteiger partial charge in [0.25, 0.3) is 0 Å². The molecule has 0 saturated carbocycles. The Hall–Kier alpha value is -1.91. The molecule has 4 nitrogen and oxygen atoms in total. The van der Waals surface area contributed by atoms with Crippen LogP contribution in [0.4, 0.5) is 0 Å². The number of carbonyl (C=O) groups is 1. The summed E-state index contributed by atoms with van der Waals surface area (Å²) in [7, 11) is 0. The second-order valence-corrected chi connectivity index (χ2v) is 4.58. The molecule has 0 saturated heterocycles. The van der Waals surface area contributed by atoms with E-state index in [4.69, 9.17) is 4.74 Å². The van der Waals surface area contributed by atoms with Gasteiger partial charge in [-0.15, -0.1) is 13.2 Å². The lowest BCUT2D eigenvalue weighted by Gasteiger charge is -2.32. The number of hydrogen-bond acceptors (Lipinski definition) is 4. The van der Waals surface area contributed by atoms with Crippen molar-refractivity contribution >= 4 is 5.97 Å². The Morgan fingerprint density at radius 2 is 1.86 bits per heavy atom. The molecule has 2 atom stereocenters. The van der Waals surface area contributed by atoms with Crippen LogP contribution in [-0.2, 0) is 9.53 Å². The van der Waals surface area contributed by atoms with Crippen molar-refractivity contribution in [1.29, 1.82) is 0 Å². The normalized spacial score (nSPS) is 13.5. The number of esters is 1. The van der Waals surface area contributed by atoms with Gasteiger partial charge < -0.3 is 9.84 Å². The Labute approximate surface area is 126 Å². The molecule has 0 unspecified atom stereocenters. The van der Waals surface area contributed by atoms with E-state index in [0.29, 0.717) is 13.1 Å². The molecule has 1 N–H and O–H groups in total. The van der Waals surface area contributed by atoms with E-state index in [2.05, 4.69) is 13.2 Å². The van der Waals surface area contributed by atoms with E-state index < -0.39 is 18.1 Å². The summed E-state index contributed by atoms with van der Waals surface area (Å²) in [6.07, 6.45) is 2.21.